The monoisotopic (exact) mass is 440 g/mol. The summed E-state index contributed by atoms with van der Waals surface area (Å²) in [5.41, 5.74) is 6.39. The fourth-order valence-corrected chi connectivity index (χ4v) is 2.65. The predicted molar refractivity (Wildman–Crippen MR) is 111 cm³/mol. The molecule has 31 heavy (non-hydrogen) atoms. The molecule has 0 spiro atoms. The van der Waals surface area contributed by atoms with Crippen LogP contribution in [-0.2, 0) is 25.6 Å². The molecule has 8 N–H and O–H groups in total. The second-order valence-electron chi connectivity index (χ2n) is 7.55. The Morgan fingerprint density at radius 1 is 1.10 bits per heavy atom. The van der Waals surface area contributed by atoms with Crippen molar-refractivity contribution in [2.75, 3.05) is 0 Å². The highest BCUT2D eigenvalue weighted by Crippen LogP contribution is 2.06. The van der Waals surface area contributed by atoms with Gasteiger partial charge in [-0.25, -0.2) is 9.78 Å². The average molecular weight is 441 g/mol. The molecule has 0 aliphatic heterocycles. The zero-order valence-electron chi connectivity index (χ0n) is 18.1. The largest absolute Gasteiger partial charge is 0.480 e. The van der Waals surface area contributed by atoms with E-state index in [0.29, 0.717) is 12.1 Å². The smallest absolute Gasteiger partial charge is 0.328 e. The van der Waals surface area contributed by atoms with Crippen LogP contribution in [0, 0.1) is 5.92 Å². The Hall–Kier alpha value is -2.99. The highest BCUT2D eigenvalue weighted by atomic mass is 16.4. The Morgan fingerprint density at radius 3 is 2.23 bits per heavy atom. The Balaban J connectivity index is 2.89. The van der Waals surface area contributed by atoms with Crippen molar-refractivity contribution in [3.8, 4) is 0 Å². The Morgan fingerprint density at radius 2 is 1.74 bits per heavy atom. The molecule has 6 atom stereocenters. The number of aliphatic carboxylic acids is 1. The van der Waals surface area contributed by atoms with Crippen molar-refractivity contribution in [1.29, 1.82) is 0 Å². The lowest BCUT2D eigenvalue weighted by Gasteiger charge is -2.25. The molecule has 0 saturated heterocycles. The lowest BCUT2D eigenvalue weighted by atomic mass is 9.99. The number of amides is 3. The molecule has 0 fully saturated rings. The molecule has 174 valence electrons. The van der Waals surface area contributed by atoms with E-state index in [-0.39, 0.29) is 12.3 Å². The maximum Gasteiger partial charge on any atom is 0.328 e. The van der Waals surface area contributed by atoms with E-state index in [9.17, 15) is 29.4 Å². The van der Waals surface area contributed by atoms with Crippen LogP contribution < -0.4 is 21.7 Å². The number of hydrogen-bond acceptors (Lipinski definition) is 7. The number of carbonyl (C=O) groups excluding carboxylic acids is 3. The average Bonchev–Trinajstić information content (AvgIpc) is 3.22. The number of carboxylic acids is 1. The molecule has 12 nitrogen and oxygen atoms in total. The van der Waals surface area contributed by atoms with Crippen LogP contribution in [0.25, 0.3) is 0 Å². The van der Waals surface area contributed by atoms with E-state index in [0.717, 1.165) is 0 Å². The number of carboxylic acid groups (broad SMARTS) is 1. The van der Waals surface area contributed by atoms with Crippen LogP contribution in [0.1, 0.15) is 39.8 Å². The molecule has 0 saturated carbocycles. The Bertz CT molecular complexity index is 753. The number of aromatic nitrogens is 2. The highest BCUT2D eigenvalue weighted by molar-refractivity contribution is 5.94. The summed E-state index contributed by atoms with van der Waals surface area (Å²) in [7, 11) is 0. The number of nitrogens with zero attached hydrogens (tertiary/aromatic N) is 1. The predicted octanol–water partition coefficient (Wildman–Crippen LogP) is -1.73. The SMILES string of the molecule is CCC(C)C(N)C(=O)NC(C)C(=O)NC(Cc1cnc[nH]1)C(=O)NC(C(=O)O)C(C)O. The number of carbonyl (C=O) groups is 4. The Kier molecular flexibility index (Phi) is 10.1. The van der Waals surface area contributed by atoms with Gasteiger partial charge in [0, 0.05) is 18.3 Å². The summed E-state index contributed by atoms with van der Waals surface area (Å²) >= 11 is 0. The van der Waals surface area contributed by atoms with Gasteiger partial charge in [-0.1, -0.05) is 20.3 Å². The number of imidazole rings is 1. The summed E-state index contributed by atoms with van der Waals surface area (Å²) in [6.45, 7) is 6.38. The molecule has 3 amide bonds. The zero-order valence-corrected chi connectivity index (χ0v) is 18.1. The third kappa shape index (κ3) is 7.98. The van der Waals surface area contributed by atoms with Gasteiger partial charge in [0.1, 0.15) is 12.1 Å². The first kappa shape index (κ1) is 26.0. The van der Waals surface area contributed by atoms with Crippen LogP contribution in [0.5, 0.6) is 0 Å². The second kappa shape index (κ2) is 12.0. The van der Waals surface area contributed by atoms with Gasteiger partial charge in [0.05, 0.1) is 18.5 Å². The number of hydrogen-bond donors (Lipinski definition) is 7. The van der Waals surface area contributed by atoms with Crippen molar-refractivity contribution in [2.24, 2.45) is 11.7 Å². The van der Waals surface area contributed by atoms with Gasteiger partial charge in [0.2, 0.25) is 17.7 Å². The first-order valence-electron chi connectivity index (χ1n) is 10.0. The fourth-order valence-electron chi connectivity index (χ4n) is 2.65. The molecule has 0 aromatic carbocycles. The molecule has 1 aromatic rings. The lowest BCUT2D eigenvalue weighted by Crippen LogP contribution is -2.58. The standard InChI is InChI=1S/C19H32N6O6/c1-5-9(2)14(20)18(29)23-10(3)16(27)24-13(6-12-7-21-8-22-12)17(28)25-15(11(4)26)19(30)31/h7-11,13-15,26H,5-6,20H2,1-4H3,(H,21,22)(H,23,29)(H,24,27)(H,25,28)(H,30,31). The van der Waals surface area contributed by atoms with E-state index in [4.69, 9.17) is 5.73 Å². The molecule has 12 heteroatoms. The number of rotatable bonds is 12. The number of H-pyrrole nitrogens is 1. The maximum atomic E-state index is 12.7. The van der Waals surface area contributed by atoms with Crippen molar-refractivity contribution >= 4 is 23.7 Å². The minimum absolute atomic E-state index is 0.0171. The molecule has 6 unspecified atom stereocenters. The van der Waals surface area contributed by atoms with Crippen LogP contribution in [-0.4, -0.2) is 74.1 Å². The summed E-state index contributed by atoms with van der Waals surface area (Å²) < 4.78 is 0. The molecule has 0 radical (unpaired) electrons. The first-order chi connectivity index (χ1) is 14.5. The van der Waals surface area contributed by atoms with E-state index < -0.39 is 54.0 Å². The second-order valence-corrected chi connectivity index (χ2v) is 7.55. The summed E-state index contributed by atoms with van der Waals surface area (Å²) in [4.78, 5) is 55.4. The van der Waals surface area contributed by atoms with Gasteiger partial charge in [0.15, 0.2) is 6.04 Å². The number of aromatic amines is 1. The van der Waals surface area contributed by atoms with Crippen molar-refractivity contribution in [1.82, 2.24) is 25.9 Å². The van der Waals surface area contributed by atoms with Crippen LogP contribution >= 0.6 is 0 Å². The number of nitrogens with one attached hydrogen (secondary N) is 4. The van der Waals surface area contributed by atoms with Gasteiger partial charge in [-0.15, -0.1) is 0 Å². The van der Waals surface area contributed by atoms with Crippen LogP contribution in [0.4, 0.5) is 0 Å². The zero-order chi connectivity index (χ0) is 23.7. The van der Waals surface area contributed by atoms with E-state index in [1.165, 1.54) is 26.4 Å². The molecular weight excluding hydrogens is 408 g/mol. The Labute approximate surface area is 180 Å². The van der Waals surface area contributed by atoms with Gasteiger partial charge >= 0.3 is 5.97 Å². The van der Waals surface area contributed by atoms with E-state index >= 15 is 0 Å². The van der Waals surface area contributed by atoms with Gasteiger partial charge in [-0.05, 0) is 19.8 Å². The van der Waals surface area contributed by atoms with Crippen LogP contribution in [0.3, 0.4) is 0 Å². The van der Waals surface area contributed by atoms with Crippen molar-refractivity contribution < 1.29 is 29.4 Å². The molecular formula is C19H32N6O6. The van der Waals surface area contributed by atoms with Gasteiger partial charge in [-0.3, -0.25) is 14.4 Å². The number of nitrogens with two attached hydrogens (primary N) is 1. The molecule has 0 aliphatic carbocycles. The van der Waals surface area contributed by atoms with Gasteiger partial charge in [0.25, 0.3) is 0 Å². The van der Waals surface area contributed by atoms with E-state index in [1.807, 2.05) is 13.8 Å². The molecule has 1 aromatic heterocycles. The summed E-state index contributed by atoms with van der Waals surface area (Å²) in [5.74, 6) is -3.47. The maximum absolute atomic E-state index is 12.7. The minimum atomic E-state index is -1.56. The number of aliphatic hydroxyl groups is 1. The fraction of sp³-hybridized carbons (Fsp3) is 0.632. The van der Waals surface area contributed by atoms with Crippen molar-refractivity contribution in [3.63, 3.8) is 0 Å². The summed E-state index contributed by atoms with van der Waals surface area (Å²) in [6, 6.07) is -4.52. The molecule has 1 rings (SSSR count). The minimum Gasteiger partial charge on any atom is -0.480 e. The van der Waals surface area contributed by atoms with Crippen LogP contribution in [0.2, 0.25) is 0 Å². The summed E-state index contributed by atoms with van der Waals surface area (Å²) in [6.07, 6.45) is 2.16. The quantitative estimate of drug-likeness (QED) is 0.199. The molecule has 1 heterocycles. The summed E-state index contributed by atoms with van der Waals surface area (Å²) in [5, 5.41) is 26.0. The third-order valence-electron chi connectivity index (χ3n) is 4.97. The van der Waals surface area contributed by atoms with Crippen molar-refractivity contribution in [3.05, 3.63) is 18.2 Å². The third-order valence-corrected chi connectivity index (χ3v) is 4.97. The normalized spacial score (nSPS) is 16.8. The van der Waals surface area contributed by atoms with E-state index in [2.05, 4.69) is 25.9 Å². The van der Waals surface area contributed by atoms with Gasteiger partial charge in [-0.2, -0.15) is 0 Å². The molecule has 0 bridgehead atoms. The van der Waals surface area contributed by atoms with Gasteiger partial charge < -0.3 is 36.9 Å². The lowest BCUT2D eigenvalue weighted by molar-refractivity contribution is -0.145. The van der Waals surface area contributed by atoms with Crippen LogP contribution in [0.15, 0.2) is 12.5 Å². The molecule has 0 aliphatic rings. The highest BCUT2D eigenvalue weighted by Gasteiger charge is 2.31. The number of aliphatic hydroxyl groups excluding tert-OH is 1. The van der Waals surface area contributed by atoms with Crippen molar-refractivity contribution in [2.45, 2.75) is 70.8 Å². The van der Waals surface area contributed by atoms with E-state index in [1.54, 1.807) is 0 Å². The first-order valence-corrected chi connectivity index (χ1v) is 10.0. The topological polar surface area (TPSA) is 200 Å².